The summed E-state index contributed by atoms with van der Waals surface area (Å²) in [6.45, 7) is 10.9. The van der Waals surface area contributed by atoms with Crippen LogP contribution in [0.2, 0.25) is 0 Å². The zero-order chi connectivity index (χ0) is 13.2. The maximum atomic E-state index is 3.81. The second kappa shape index (κ2) is 6.15. The second-order valence-corrected chi connectivity index (χ2v) is 8.06. The van der Waals surface area contributed by atoms with Crippen molar-refractivity contribution in [2.24, 2.45) is 11.3 Å². The van der Waals surface area contributed by atoms with Crippen molar-refractivity contribution in [3.05, 3.63) is 0 Å². The Morgan fingerprint density at radius 3 is 2.56 bits per heavy atom. The van der Waals surface area contributed by atoms with Gasteiger partial charge in [0.2, 0.25) is 0 Å². The number of hydrogen-bond acceptors (Lipinski definition) is 3. The molecule has 1 aliphatic carbocycles. The number of nitrogens with zero attached hydrogens (tertiary/aromatic N) is 1. The van der Waals surface area contributed by atoms with Crippen LogP contribution in [0.1, 0.15) is 40.0 Å². The third kappa shape index (κ3) is 3.88. The highest BCUT2D eigenvalue weighted by Crippen LogP contribution is 2.36. The standard InChI is InChI=1S/C15H30N2S/c1-15(2,3)14-10-16-13(12-6-7-12)11-17(14)8-5-9-18-4/h12-14,16H,5-11H2,1-4H3. The lowest BCUT2D eigenvalue weighted by atomic mass is 9.83. The minimum atomic E-state index is 0.390. The van der Waals surface area contributed by atoms with Crippen LogP contribution in [0, 0.1) is 11.3 Å². The molecule has 1 saturated carbocycles. The Balaban J connectivity index is 1.91. The van der Waals surface area contributed by atoms with Crippen LogP contribution in [0.25, 0.3) is 0 Å². The number of rotatable bonds is 5. The summed E-state index contributed by atoms with van der Waals surface area (Å²) in [7, 11) is 0. The van der Waals surface area contributed by atoms with Crippen molar-refractivity contribution in [3.8, 4) is 0 Å². The summed E-state index contributed by atoms with van der Waals surface area (Å²) in [6.07, 6.45) is 6.46. The van der Waals surface area contributed by atoms with Crippen molar-refractivity contribution < 1.29 is 0 Å². The van der Waals surface area contributed by atoms with E-state index in [0.29, 0.717) is 11.5 Å². The summed E-state index contributed by atoms with van der Waals surface area (Å²) in [6, 6.07) is 1.48. The molecule has 18 heavy (non-hydrogen) atoms. The fraction of sp³-hybridized carbons (Fsp3) is 1.00. The molecule has 0 bridgehead atoms. The Morgan fingerprint density at radius 2 is 2.00 bits per heavy atom. The van der Waals surface area contributed by atoms with Gasteiger partial charge < -0.3 is 5.32 Å². The Bertz CT molecular complexity index is 258. The Hall–Kier alpha value is 0.270. The van der Waals surface area contributed by atoms with Crippen LogP contribution in [-0.2, 0) is 0 Å². The molecular formula is C15H30N2S. The highest BCUT2D eigenvalue weighted by Gasteiger charge is 2.40. The van der Waals surface area contributed by atoms with E-state index in [-0.39, 0.29) is 0 Å². The van der Waals surface area contributed by atoms with Gasteiger partial charge in [-0.2, -0.15) is 11.8 Å². The van der Waals surface area contributed by atoms with Crippen molar-refractivity contribution in [2.45, 2.75) is 52.1 Å². The average molecular weight is 270 g/mol. The summed E-state index contributed by atoms with van der Waals surface area (Å²) >= 11 is 1.98. The van der Waals surface area contributed by atoms with E-state index in [1.807, 2.05) is 11.8 Å². The first-order chi connectivity index (χ1) is 8.52. The lowest BCUT2D eigenvalue weighted by Gasteiger charge is -2.46. The largest absolute Gasteiger partial charge is 0.311 e. The lowest BCUT2D eigenvalue weighted by Crippen LogP contribution is -2.61. The lowest BCUT2D eigenvalue weighted by molar-refractivity contribution is 0.0516. The fourth-order valence-electron chi connectivity index (χ4n) is 3.16. The second-order valence-electron chi connectivity index (χ2n) is 7.08. The van der Waals surface area contributed by atoms with Gasteiger partial charge >= 0.3 is 0 Å². The van der Waals surface area contributed by atoms with Gasteiger partial charge in [0.05, 0.1) is 0 Å². The highest BCUT2D eigenvalue weighted by atomic mass is 32.2. The van der Waals surface area contributed by atoms with Crippen LogP contribution < -0.4 is 5.32 Å². The maximum Gasteiger partial charge on any atom is 0.0269 e. The zero-order valence-corrected chi connectivity index (χ0v) is 13.4. The van der Waals surface area contributed by atoms with Crippen LogP contribution >= 0.6 is 11.8 Å². The average Bonchev–Trinajstić information content (AvgIpc) is 3.11. The quantitative estimate of drug-likeness (QED) is 0.773. The molecule has 0 radical (unpaired) electrons. The molecule has 2 unspecified atom stereocenters. The molecule has 2 atom stereocenters. The third-order valence-electron chi connectivity index (χ3n) is 4.43. The summed E-state index contributed by atoms with van der Waals surface area (Å²) < 4.78 is 0. The van der Waals surface area contributed by atoms with E-state index in [0.717, 1.165) is 12.0 Å². The number of nitrogens with one attached hydrogen (secondary N) is 1. The molecular weight excluding hydrogens is 240 g/mol. The molecule has 0 amide bonds. The van der Waals surface area contributed by atoms with Gasteiger partial charge in [0.25, 0.3) is 0 Å². The smallest absolute Gasteiger partial charge is 0.0269 e. The van der Waals surface area contributed by atoms with Crippen molar-refractivity contribution >= 4 is 11.8 Å². The van der Waals surface area contributed by atoms with Crippen LogP contribution in [0.5, 0.6) is 0 Å². The number of piperazine rings is 1. The van der Waals surface area contributed by atoms with Gasteiger partial charge in [-0.1, -0.05) is 20.8 Å². The van der Waals surface area contributed by atoms with Gasteiger partial charge in [-0.15, -0.1) is 0 Å². The summed E-state index contributed by atoms with van der Waals surface area (Å²) in [4.78, 5) is 2.77. The summed E-state index contributed by atoms with van der Waals surface area (Å²) in [5.74, 6) is 2.28. The molecule has 0 aromatic carbocycles. The van der Waals surface area contributed by atoms with Crippen LogP contribution in [0.3, 0.4) is 0 Å². The van der Waals surface area contributed by atoms with E-state index >= 15 is 0 Å². The molecule has 2 rings (SSSR count). The van der Waals surface area contributed by atoms with Gasteiger partial charge in [0.15, 0.2) is 0 Å². The maximum absolute atomic E-state index is 3.81. The Labute approximate surface area is 117 Å². The van der Waals surface area contributed by atoms with Gasteiger partial charge in [-0.3, -0.25) is 4.90 Å². The molecule has 1 saturated heterocycles. The van der Waals surface area contributed by atoms with E-state index in [2.05, 4.69) is 37.2 Å². The molecule has 3 heteroatoms. The number of thioether (sulfide) groups is 1. The topological polar surface area (TPSA) is 15.3 Å². The van der Waals surface area contributed by atoms with Gasteiger partial charge in [0, 0.05) is 25.2 Å². The first-order valence-corrected chi connectivity index (χ1v) is 8.88. The van der Waals surface area contributed by atoms with E-state index in [1.54, 1.807) is 0 Å². The van der Waals surface area contributed by atoms with E-state index in [9.17, 15) is 0 Å². The third-order valence-corrected chi connectivity index (χ3v) is 5.13. The van der Waals surface area contributed by atoms with Crippen molar-refractivity contribution in [1.29, 1.82) is 0 Å². The highest BCUT2D eigenvalue weighted by molar-refractivity contribution is 7.98. The fourth-order valence-corrected chi connectivity index (χ4v) is 3.58. The molecule has 0 aromatic heterocycles. The minimum Gasteiger partial charge on any atom is -0.311 e. The first-order valence-electron chi connectivity index (χ1n) is 7.48. The molecule has 1 aliphatic heterocycles. The molecule has 0 spiro atoms. The summed E-state index contributed by atoms with van der Waals surface area (Å²) in [5.41, 5.74) is 0.390. The predicted octanol–water partition coefficient (Wildman–Crippen LogP) is 2.84. The van der Waals surface area contributed by atoms with Gasteiger partial charge in [-0.05, 0) is 49.1 Å². The molecule has 2 fully saturated rings. The first kappa shape index (κ1) is 14.7. The molecule has 2 aliphatic rings. The van der Waals surface area contributed by atoms with Crippen LogP contribution in [-0.4, -0.2) is 48.6 Å². The molecule has 2 nitrogen and oxygen atoms in total. The Morgan fingerprint density at radius 1 is 1.28 bits per heavy atom. The molecule has 106 valence electrons. The van der Waals surface area contributed by atoms with E-state index in [4.69, 9.17) is 0 Å². The van der Waals surface area contributed by atoms with E-state index < -0.39 is 0 Å². The Kier molecular flexibility index (Phi) is 5.01. The normalized spacial score (nSPS) is 30.7. The van der Waals surface area contributed by atoms with Crippen LogP contribution in [0.4, 0.5) is 0 Å². The van der Waals surface area contributed by atoms with Crippen molar-refractivity contribution in [2.75, 3.05) is 31.6 Å². The van der Waals surface area contributed by atoms with Crippen molar-refractivity contribution in [3.63, 3.8) is 0 Å². The molecule has 0 aromatic rings. The number of hydrogen-bond donors (Lipinski definition) is 1. The molecule has 1 N–H and O–H groups in total. The predicted molar refractivity (Wildman–Crippen MR) is 82.3 cm³/mol. The summed E-state index contributed by atoms with van der Waals surface area (Å²) in [5, 5.41) is 3.81. The SMILES string of the molecule is CSCCCN1CC(C2CC2)NCC1C(C)(C)C. The molecule has 1 heterocycles. The van der Waals surface area contributed by atoms with E-state index in [1.165, 1.54) is 44.6 Å². The van der Waals surface area contributed by atoms with Crippen molar-refractivity contribution in [1.82, 2.24) is 10.2 Å². The van der Waals surface area contributed by atoms with Gasteiger partial charge in [0.1, 0.15) is 0 Å². The minimum absolute atomic E-state index is 0.390. The zero-order valence-electron chi connectivity index (χ0n) is 12.5. The monoisotopic (exact) mass is 270 g/mol. The van der Waals surface area contributed by atoms with Gasteiger partial charge in [-0.25, -0.2) is 0 Å². The van der Waals surface area contributed by atoms with Crippen LogP contribution in [0.15, 0.2) is 0 Å².